The van der Waals surface area contributed by atoms with Crippen LogP contribution in [0, 0.1) is 17.8 Å². The third kappa shape index (κ3) is 2.71. The van der Waals surface area contributed by atoms with Gasteiger partial charge < -0.3 is 5.32 Å². The average Bonchev–Trinajstić information content (AvgIpc) is 3.05. The number of aromatic nitrogens is 2. The Morgan fingerprint density at radius 1 is 1.53 bits per heavy atom. The Hall–Kier alpha value is -0.840. The highest BCUT2D eigenvalue weighted by Gasteiger charge is 2.40. The summed E-state index contributed by atoms with van der Waals surface area (Å²) in [4.78, 5) is 12.0. The zero-order valence-electron chi connectivity index (χ0n) is 11.2. The van der Waals surface area contributed by atoms with Gasteiger partial charge in [0, 0.05) is 13.5 Å². The Kier molecular flexibility index (Phi) is 3.65. The van der Waals surface area contributed by atoms with E-state index in [0.29, 0.717) is 18.9 Å². The van der Waals surface area contributed by atoms with E-state index >= 15 is 0 Å². The first-order chi connectivity index (χ1) is 9.13. The smallest absolute Gasteiger partial charge is 0.220 e. The van der Waals surface area contributed by atoms with Gasteiger partial charge in [0.25, 0.3) is 0 Å². The first-order valence-corrected chi connectivity index (χ1v) is 7.86. The quantitative estimate of drug-likeness (QED) is 0.925. The lowest BCUT2D eigenvalue weighted by molar-refractivity contribution is -0.122. The minimum absolute atomic E-state index is 0.186. The van der Waals surface area contributed by atoms with Crippen LogP contribution >= 0.6 is 15.9 Å². The van der Waals surface area contributed by atoms with Crippen molar-refractivity contribution in [1.82, 2.24) is 15.1 Å². The summed E-state index contributed by atoms with van der Waals surface area (Å²) >= 11 is 3.45. The maximum Gasteiger partial charge on any atom is 0.220 e. The minimum atomic E-state index is 0.186. The van der Waals surface area contributed by atoms with Gasteiger partial charge in [0.2, 0.25) is 5.91 Å². The molecular formula is C14H20BrN3O. The van der Waals surface area contributed by atoms with Gasteiger partial charge >= 0.3 is 0 Å². The van der Waals surface area contributed by atoms with E-state index in [4.69, 9.17) is 0 Å². The molecule has 1 amide bonds. The predicted molar refractivity (Wildman–Crippen MR) is 76.3 cm³/mol. The largest absolute Gasteiger partial charge is 0.350 e. The van der Waals surface area contributed by atoms with E-state index in [0.717, 1.165) is 22.0 Å². The van der Waals surface area contributed by atoms with Gasteiger partial charge in [-0.05, 0) is 52.9 Å². The molecule has 2 aliphatic rings. The average molecular weight is 326 g/mol. The van der Waals surface area contributed by atoms with E-state index in [2.05, 4.69) is 26.3 Å². The van der Waals surface area contributed by atoms with Crippen molar-refractivity contribution in [2.75, 3.05) is 0 Å². The Morgan fingerprint density at radius 2 is 2.37 bits per heavy atom. The number of halogens is 1. The first-order valence-electron chi connectivity index (χ1n) is 7.06. The number of fused-ring (bicyclic) bond motifs is 2. The highest BCUT2D eigenvalue weighted by Crippen LogP contribution is 2.49. The Labute approximate surface area is 122 Å². The topological polar surface area (TPSA) is 46.9 Å². The number of rotatable bonds is 4. The normalized spacial score (nSPS) is 28.8. The summed E-state index contributed by atoms with van der Waals surface area (Å²) < 4.78 is 2.75. The van der Waals surface area contributed by atoms with E-state index in [9.17, 15) is 4.79 Å². The van der Waals surface area contributed by atoms with Gasteiger partial charge in [-0.3, -0.25) is 9.48 Å². The van der Waals surface area contributed by atoms with Crippen molar-refractivity contribution in [2.45, 2.75) is 38.6 Å². The molecule has 1 aromatic heterocycles. The van der Waals surface area contributed by atoms with E-state index in [-0.39, 0.29) is 5.91 Å². The second-order valence-electron chi connectivity index (χ2n) is 5.98. The number of aryl methyl sites for hydroxylation is 1. The zero-order chi connectivity index (χ0) is 13.4. The second-order valence-corrected chi connectivity index (χ2v) is 6.83. The van der Waals surface area contributed by atoms with Crippen molar-refractivity contribution in [3.8, 4) is 0 Å². The Balaban J connectivity index is 1.49. The molecule has 4 nitrogen and oxygen atoms in total. The van der Waals surface area contributed by atoms with Crippen LogP contribution < -0.4 is 5.32 Å². The molecular weight excluding hydrogens is 306 g/mol. The third-order valence-corrected chi connectivity index (χ3v) is 5.46. The van der Waals surface area contributed by atoms with Crippen LogP contribution in [0.5, 0.6) is 0 Å². The highest BCUT2D eigenvalue weighted by molar-refractivity contribution is 9.10. The summed E-state index contributed by atoms with van der Waals surface area (Å²) in [5.74, 6) is 2.55. The molecule has 0 spiro atoms. The number of carbonyl (C=O) groups is 1. The molecule has 3 atom stereocenters. The van der Waals surface area contributed by atoms with Gasteiger partial charge in [0.15, 0.2) is 0 Å². The second kappa shape index (κ2) is 5.27. The molecule has 0 radical (unpaired) electrons. The first kappa shape index (κ1) is 13.2. The lowest BCUT2D eigenvalue weighted by atomic mass is 9.86. The van der Waals surface area contributed by atoms with Gasteiger partial charge in [-0.1, -0.05) is 6.42 Å². The standard InChI is InChI=1S/C14H20BrN3O/c1-18-13(12(15)7-17-18)8-16-14(19)6-11-5-9-2-3-10(11)4-9/h7,9-11H,2-6,8H2,1H3,(H,16,19). The summed E-state index contributed by atoms with van der Waals surface area (Å²) in [6, 6.07) is 0. The van der Waals surface area contributed by atoms with Crippen molar-refractivity contribution in [3.05, 3.63) is 16.4 Å². The molecule has 0 aliphatic heterocycles. The molecule has 19 heavy (non-hydrogen) atoms. The lowest BCUT2D eigenvalue weighted by Crippen LogP contribution is -2.27. The predicted octanol–water partition coefficient (Wildman–Crippen LogP) is 2.63. The van der Waals surface area contributed by atoms with E-state index in [1.165, 1.54) is 25.7 Å². The molecule has 1 heterocycles. The molecule has 104 valence electrons. The number of nitrogens with zero attached hydrogens (tertiary/aromatic N) is 2. The van der Waals surface area contributed by atoms with Crippen molar-refractivity contribution in [1.29, 1.82) is 0 Å². The van der Waals surface area contributed by atoms with Gasteiger partial charge in [-0.15, -0.1) is 0 Å². The Morgan fingerprint density at radius 3 is 2.95 bits per heavy atom. The van der Waals surface area contributed by atoms with Crippen LogP contribution in [-0.4, -0.2) is 15.7 Å². The molecule has 2 aliphatic carbocycles. The summed E-state index contributed by atoms with van der Waals surface area (Å²) in [6.45, 7) is 0.552. The van der Waals surface area contributed by atoms with Crippen LogP contribution in [0.25, 0.3) is 0 Å². The van der Waals surface area contributed by atoms with Gasteiger partial charge in [0.1, 0.15) is 0 Å². The zero-order valence-corrected chi connectivity index (χ0v) is 12.8. The number of hydrogen-bond donors (Lipinski definition) is 1. The number of nitrogens with one attached hydrogen (secondary N) is 1. The van der Waals surface area contributed by atoms with Gasteiger partial charge in [-0.25, -0.2) is 0 Å². The van der Waals surface area contributed by atoms with E-state index in [1.54, 1.807) is 10.9 Å². The molecule has 0 aromatic carbocycles. The lowest BCUT2D eigenvalue weighted by Gasteiger charge is -2.20. The minimum Gasteiger partial charge on any atom is -0.350 e. The molecule has 3 unspecified atom stereocenters. The SMILES string of the molecule is Cn1ncc(Br)c1CNC(=O)CC1CC2CCC1C2. The fraction of sp³-hybridized carbons (Fsp3) is 0.714. The molecule has 1 N–H and O–H groups in total. The Bertz CT molecular complexity index is 466. The maximum absolute atomic E-state index is 12.0. The summed E-state index contributed by atoms with van der Waals surface area (Å²) in [7, 11) is 1.89. The fourth-order valence-corrected chi connectivity index (χ4v) is 4.24. The van der Waals surface area contributed by atoms with Gasteiger partial charge in [-0.2, -0.15) is 5.10 Å². The fourth-order valence-electron chi connectivity index (χ4n) is 3.75. The highest BCUT2D eigenvalue weighted by atomic mass is 79.9. The third-order valence-electron chi connectivity index (χ3n) is 4.80. The number of amides is 1. The van der Waals surface area contributed by atoms with Crippen LogP contribution in [0.4, 0.5) is 0 Å². The molecule has 2 fully saturated rings. The monoisotopic (exact) mass is 325 g/mol. The summed E-state index contributed by atoms with van der Waals surface area (Å²) in [6.07, 6.45) is 7.84. The summed E-state index contributed by atoms with van der Waals surface area (Å²) in [5, 5.41) is 7.17. The molecule has 3 rings (SSSR count). The van der Waals surface area contributed by atoms with Crippen LogP contribution in [0.1, 0.15) is 37.8 Å². The van der Waals surface area contributed by atoms with Crippen molar-refractivity contribution < 1.29 is 4.79 Å². The van der Waals surface area contributed by atoms with Crippen molar-refractivity contribution in [3.63, 3.8) is 0 Å². The van der Waals surface area contributed by atoms with Crippen molar-refractivity contribution >= 4 is 21.8 Å². The van der Waals surface area contributed by atoms with Crippen LogP contribution in [0.15, 0.2) is 10.7 Å². The number of hydrogen-bond acceptors (Lipinski definition) is 2. The van der Waals surface area contributed by atoms with Crippen LogP contribution in [0.2, 0.25) is 0 Å². The van der Waals surface area contributed by atoms with Crippen LogP contribution in [0.3, 0.4) is 0 Å². The maximum atomic E-state index is 12.0. The molecule has 0 saturated heterocycles. The summed E-state index contributed by atoms with van der Waals surface area (Å²) in [5.41, 5.74) is 1.02. The van der Waals surface area contributed by atoms with Crippen molar-refractivity contribution in [2.24, 2.45) is 24.8 Å². The van der Waals surface area contributed by atoms with Crippen LogP contribution in [-0.2, 0) is 18.4 Å². The molecule has 2 bridgehead atoms. The van der Waals surface area contributed by atoms with E-state index in [1.807, 2.05) is 7.05 Å². The molecule has 2 saturated carbocycles. The number of carbonyl (C=O) groups excluding carboxylic acids is 1. The van der Waals surface area contributed by atoms with Gasteiger partial charge in [0.05, 0.1) is 22.9 Å². The van der Waals surface area contributed by atoms with E-state index < -0.39 is 0 Å². The molecule has 5 heteroatoms. The molecule has 1 aromatic rings.